The van der Waals surface area contributed by atoms with Crippen molar-refractivity contribution in [2.24, 2.45) is 5.41 Å². The van der Waals surface area contributed by atoms with Crippen molar-refractivity contribution in [3.8, 4) is 11.1 Å². The maximum Gasteiger partial charge on any atom is 0.319 e. The smallest absolute Gasteiger partial charge is 0.319 e. The van der Waals surface area contributed by atoms with E-state index in [1.807, 2.05) is 54.6 Å². The van der Waals surface area contributed by atoms with Gasteiger partial charge in [0.25, 0.3) is 0 Å². The van der Waals surface area contributed by atoms with Gasteiger partial charge in [0, 0.05) is 17.6 Å². The lowest BCUT2D eigenvalue weighted by Crippen LogP contribution is -2.45. The highest BCUT2D eigenvalue weighted by molar-refractivity contribution is 5.90. The SMILES string of the molecule is O=C(NCC1(CO)CCC1)Nc1cccc(-c2ccccc2)c1. The first-order valence-corrected chi connectivity index (χ1v) is 8.02. The Bertz CT molecular complexity index is 661. The summed E-state index contributed by atoms with van der Waals surface area (Å²) in [7, 11) is 0. The predicted octanol–water partition coefficient (Wildman–Crippen LogP) is 3.64. The topological polar surface area (TPSA) is 61.4 Å². The zero-order chi connectivity index (χ0) is 16.1. The second kappa shape index (κ2) is 6.84. The van der Waals surface area contributed by atoms with Gasteiger partial charge >= 0.3 is 6.03 Å². The van der Waals surface area contributed by atoms with Gasteiger partial charge in [-0.1, -0.05) is 48.9 Å². The van der Waals surface area contributed by atoms with E-state index in [2.05, 4.69) is 10.6 Å². The molecule has 0 bridgehead atoms. The lowest BCUT2D eigenvalue weighted by Gasteiger charge is -2.40. The predicted molar refractivity (Wildman–Crippen MR) is 92.3 cm³/mol. The molecule has 1 fully saturated rings. The molecule has 0 saturated heterocycles. The molecule has 4 nitrogen and oxygen atoms in total. The van der Waals surface area contributed by atoms with Crippen LogP contribution in [0.2, 0.25) is 0 Å². The normalized spacial score (nSPS) is 15.5. The number of hydrogen-bond donors (Lipinski definition) is 3. The lowest BCUT2D eigenvalue weighted by molar-refractivity contribution is 0.0476. The molecule has 1 saturated carbocycles. The van der Waals surface area contributed by atoms with Crippen LogP contribution in [-0.2, 0) is 0 Å². The van der Waals surface area contributed by atoms with Crippen molar-refractivity contribution in [1.29, 1.82) is 0 Å². The first-order valence-electron chi connectivity index (χ1n) is 8.02. The van der Waals surface area contributed by atoms with Crippen molar-refractivity contribution in [3.05, 3.63) is 54.6 Å². The minimum atomic E-state index is -0.227. The second-order valence-electron chi connectivity index (χ2n) is 6.27. The standard InChI is InChI=1S/C19H22N2O2/c22-14-19(10-5-11-19)13-20-18(23)21-17-9-4-8-16(12-17)15-6-2-1-3-7-15/h1-4,6-9,12,22H,5,10-11,13-14H2,(H2,20,21,23). The van der Waals surface area contributed by atoms with Crippen molar-refractivity contribution in [3.63, 3.8) is 0 Å². The van der Waals surface area contributed by atoms with E-state index in [0.717, 1.165) is 36.1 Å². The Labute approximate surface area is 136 Å². The minimum absolute atomic E-state index is 0.108. The molecule has 0 radical (unpaired) electrons. The number of amides is 2. The average Bonchev–Trinajstić information content (AvgIpc) is 2.55. The summed E-state index contributed by atoms with van der Waals surface area (Å²) in [6.07, 6.45) is 3.09. The quantitative estimate of drug-likeness (QED) is 0.789. The number of carbonyl (C=O) groups excluding carboxylic acids is 1. The number of benzene rings is 2. The zero-order valence-electron chi connectivity index (χ0n) is 13.1. The molecular weight excluding hydrogens is 288 g/mol. The van der Waals surface area contributed by atoms with Gasteiger partial charge in [-0.25, -0.2) is 4.79 Å². The highest BCUT2D eigenvalue weighted by Gasteiger charge is 2.36. The summed E-state index contributed by atoms with van der Waals surface area (Å²) in [4.78, 5) is 12.1. The van der Waals surface area contributed by atoms with Gasteiger partial charge in [-0.05, 0) is 36.1 Å². The number of aliphatic hydroxyl groups is 1. The number of aliphatic hydroxyl groups excluding tert-OH is 1. The summed E-state index contributed by atoms with van der Waals surface area (Å²) in [6, 6.07) is 17.6. The lowest BCUT2D eigenvalue weighted by atomic mass is 9.69. The van der Waals surface area contributed by atoms with Crippen LogP contribution in [0.25, 0.3) is 11.1 Å². The van der Waals surface area contributed by atoms with Crippen LogP contribution >= 0.6 is 0 Å². The molecular formula is C19H22N2O2. The molecule has 2 aromatic carbocycles. The van der Waals surface area contributed by atoms with E-state index in [4.69, 9.17) is 0 Å². The van der Waals surface area contributed by atoms with Gasteiger partial charge in [-0.15, -0.1) is 0 Å². The van der Waals surface area contributed by atoms with Gasteiger partial charge in [-0.2, -0.15) is 0 Å². The van der Waals surface area contributed by atoms with Gasteiger partial charge in [0.1, 0.15) is 0 Å². The van der Waals surface area contributed by atoms with Crippen LogP contribution in [0.1, 0.15) is 19.3 Å². The van der Waals surface area contributed by atoms with Crippen molar-refractivity contribution >= 4 is 11.7 Å². The highest BCUT2D eigenvalue weighted by Crippen LogP contribution is 2.39. The average molecular weight is 310 g/mol. The summed E-state index contributed by atoms with van der Waals surface area (Å²) in [5.74, 6) is 0. The van der Waals surface area contributed by atoms with Crippen LogP contribution < -0.4 is 10.6 Å². The van der Waals surface area contributed by atoms with E-state index < -0.39 is 0 Å². The Hall–Kier alpha value is -2.33. The number of nitrogens with one attached hydrogen (secondary N) is 2. The Morgan fingerprint density at radius 2 is 1.78 bits per heavy atom. The Morgan fingerprint density at radius 1 is 1.04 bits per heavy atom. The van der Waals surface area contributed by atoms with Gasteiger partial charge in [0.2, 0.25) is 0 Å². The molecule has 2 aromatic rings. The summed E-state index contributed by atoms with van der Waals surface area (Å²) in [5.41, 5.74) is 2.83. The molecule has 1 aliphatic carbocycles. The molecule has 3 N–H and O–H groups in total. The molecule has 23 heavy (non-hydrogen) atoms. The van der Waals surface area contributed by atoms with Gasteiger partial charge in [0.15, 0.2) is 0 Å². The van der Waals surface area contributed by atoms with E-state index in [1.165, 1.54) is 0 Å². The molecule has 120 valence electrons. The molecule has 0 aliphatic heterocycles. The number of urea groups is 1. The van der Waals surface area contributed by atoms with Crippen LogP contribution in [0.5, 0.6) is 0 Å². The summed E-state index contributed by atoms with van der Waals surface area (Å²) in [5, 5.41) is 15.2. The Balaban J connectivity index is 1.60. The largest absolute Gasteiger partial charge is 0.396 e. The molecule has 3 rings (SSSR count). The monoisotopic (exact) mass is 310 g/mol. The highest BCUT2D eigenvalue weighted by atomic mass is 16.3. The van der Waals surface area contributed by atoms with Crippen LogP contribution in [0.15, 0.2) is 54.6 Å². The fourth-order valence-corrected chi connectivity index (χ4v) is 2.92. The maximum absolute atomic E-state index is 12.1. The minimum Gasteiger partial charge on any atom is -0.396 e. The first kappa shape index (κ1) is 15.6. The van der Waals surface area contributed by atoms with Crippen molar-refractivity contribution in [1.82, 2.24) is 5.32 Å². The van der Waals surface area contributed by atoms with Gasteiger partial charge in [-0.3, -0.25) is 0 Å². The fourth-order valence-electron chi connectivity index (χ4n) is 2.92. The first-order chi connectivity index (χ1) is 11.2. The maximum atomic E-state index is 12.1. The summed E-state index contributed by atoms with van der Waals surface area (Å²) in [6.45, 7) is 0.657. The van der Waals surface area contributed by atoms with E-state index >= 15 is 0 Å². The van der Waals surface area contributed by atoms with Crippen molar-refractivity contribution < 1.29 is 9.90 Å². The Morgan fingerprint density at radius 3 is 2.43 bits per heavy atom. The number of anilines is 1. The van der Waals surface area contributed by atoms with Crippen LogP contribution in [0, 0.1) is 5.41 Å². The van der Waals surface area contributed by atoms with E-state index in [1.54, 1.807) is 0 Å². The molecule has 1 aliphatic rings. The van der Waals surface area contributed by atoms with Crippen molar-refractivity contribution in [2.45, 2.75) is 19.3 Å². The molecule has 0 spiro atoms. The fraction of sp³-hybridized carbons (Fsp3) is 0.316. The van der Waals surface area contributed by atoms with Crippen LogP contribution in [0.4, 0.5) is 10.5 Å². The van der Waals surface area contributed by atoms with E-state index in [0.29, 0.717) is 6.54 Å². The van der Waals surface area contributed by atoms with Crippen LogP contribution in [-0.4, -0.2) is 24.3 Å². The molecule has 0 heterocycles. The molecule has 0 aromatic heterocycles. The zero-order valence-corrected chi connectivity index (χ0v) is 13.1. The third-order valence-corrected chi connectivity index (χ3v) is 4.60. The van der Waals surface area contributed by atoms with Crippen molar-refractivity contribution in [2.75, 3.05) is 18.5 Å². The number of carbonyl (C=O) groups is 1. The van der Waals surface area contributed by atoms with Crippen LogP contribution in [0.3, 0.4) is 0 Å². The molecule has 0 atom stereocenters. The van der Waals surface area contributed by atoms with Gasteiger partial charge in [0.05, 0.1) is 6.61 Å². The van der Waals surface area contributed by atoms with E-state index in [9.17, 15) is 9.90 Å². The molecule has 2 amide bonds. The number of rotatable bonds is 5. The Kier molecular flexibility index (Phi) is 4.63. The number of hydrogen-bond acceptors (Lipinski definition) is 2. The molecule has 4 heteroatoms. The summed E-state index contributed by atoms with van der Waals surface area (Å²) < 4.78 is 0. The molecule has 0 unspecified atom stereocenters. The third kappa shape index (κ3) is 3.71. The summed E-state index contributed by atoms with van der Waals surface area (Å²) >= 11 is 0. The van der Waals surface area contributed by atoms with E-state index in [-0.39, 0.29) is 18.1 Å². The third-order valence-electron chi connectivity index (χ3n) is 4.60. The van der Waals surface area contributed by atoms with Gasteiger partial charge < -0.3 is 15.7 Å². The second-order valence-corrected chi connectivity index (χ2v) is 6.27.